The predicted molar refractivity (Wildman–Crippen MR) is 140 cm³/mol. The summed E-state index contributed by atoms with van der Waals surface area (Å²) < 4.78 is 11.2. The number of hydrogen-bond donors (Lipinski definition) is 1. The number of carbonyl (C=O) groups excluding carboxylic acids is 2. The van der Waals surface area contributed by atoms with Crippen LogP contribution in [-0.4, -0.2) is 48.0 Å². The molecular weight excluding hydrogens is 474 g/mol. The van der Waals surface area contributed by atoms with Gasteiger partial charge in [-0.3, -0.25) is 9.59 Å². The summed E-state index contributed by atoms with van der Waals surface area (Å²) in [5.41, 5.74) is 2.41. The van der Waals surface area contributed by atoms with E-state index in [1.165, 1.54) is 11.3 Å². The van der Waals surface area contributed by atoms with Crippen molar-refractivity contribution < 1.29 is 19.1 Å². The van der Waals surface area contributed by atoms with Gasteiger partial charge in [0, 0.05) is 35.5 Å². The molecule has 4 aromatic rings. The number of carbonyl (C=O) groups is 2. The van der Waals surface area contributed by atoms with Crippen LogP contribution in [0.2, 0.25) is 0 Å². The monoisotopic (exact) mass is 499 g/mol. The molecule has 0 unspecified atom stereocenters. The SMILES string of the molecule is O=C(Nc1nc(-c2ccc3c(c2)OCCO3)cs1)C1CCN(C(=O)c2cccc3ccccc23)CC1. The summed E-state index contributed by atoms with van der Waals surface area (Å²) in [6, 6.07) is 19.5. The number of nitrogens with zero attached hydrogens (tertiary/aromatic N) is 2. The maximum Gasteiger partial charge on any atom is 0.254 e. The van der Waals surface area contributed by atoms with Gasteiger partial charge in [0.1, 0.15) is 13.2 Å². The molecule has 1 N–H and O–H groups in total. The van der Waals surface area contributed by atoms with Crippen LogP contribution in [0, 0.1) is 5.92 Å². The predicted octanol–water partition coefficient (Wildman–Crippen LogP) is 5.23. The quantitative estimate of drug-likeness (QED) is 0.416. The molecular formula is C28H25N3O4S. The van der Waals surface area contributed by atoms with E-state index in [4.69, 9.17) is 9.47 Å². The van der Waals surface area contributed by atoms with E-state index < -0.39 is 0 Å². The summed E-state index contributed by atoms with van der Waals surface area (Å²) in [5.74, 6) is 1.27. The Kier molecular flexibility index (Phi) is 6.03. The normalized spacial score (nSPS) is 15.6. The number of thiazole rings is 1. The number of aromatic nitrogens is 1. The third-order valence-electron chi connectivity index (χ3n) is 6.75. The molecule has 1 saturated heterocycles. The minimum absolute atomic E-state index is 0.0228. The van der Waals surface area contributed by atoms with Crippen molar-refractivity contribution in [2.24, 2.45) is 5.92 Å². The fraction of sp³-hybridized carbons (Fsp3) is 0.250. The standard InChI is InChI=1S/C28H25N3O4S/c32-26(30-28-29-23(17-36-28)20-8-9-24-25(16-20)35-15-14-34-24)19-10-12-31(13-11-19)27(33)22-7-3-5-18-4-1-2-6-21(18)22/h1-9,16-17,19H,10-15H2,(H,29,30,32). The van der Waals surface area contributed by atoms with Crippen LogP contribution < -0.4 is 14.8 Å². The Morgan fingerprint density at radius 2 is 1.72 bits per heavy atom. The molecule has 8 heteroatoms. The largest absolute Gasteiger partial charge is 0.486 e. The number of likely N-dealkylation sites (tertiary alicyclic amines) is 1. The number of fused-ring (bicyclic) bond motifs is 2. The van der Waals surface area contributed by atoms with Gasteiger partial charge in [0.15, 0.2) is 16.6 Å². The van der Waals surface area contributed by atoms with E-state index in [2.05, 4.69) is 10.3 Å². The lowest BCUT2D eigenvalue weighted by Gasteiger charge is -2.31. The third-order valence-corrected chi connectivity index (χ3v) is 7.50. The van der Waals surface area contributed by atoms with E-state index in [0.29, 0.717) is 55.6 Å². The van der Waals surface area contributed by atoms with Crippen molar-refractivity contribution in [2.75, 3.05) is 31.6 Å². The third kappa shape index (κ3) is 4.40. The molecule has 7 nitrogen and oxygen atoms in total. The number of anilines is 1. The lowest BCUT2D eigenvalue weighted by molar-refractivity contribution is -0.121. The van der Waals surface area contributed by atoms with Crippen LogP contribution in [0.5, 0.6) is 11.5 Å². The molecule has 6 rings (SSSR count). The number of hydrogen-bond acceptors (Lipinski definition) is 6. The minimum atomic E-state index is -0.150. The lowest BCUT2D eigenvalue weighted by Crippen LogP contribution is -2.41. The van der Waals surface area contributed by atoms with E-state index in [1.54, 1.807) is 0 Å². The molecule has 2 aliphatic heterocycles. The van der Waals surface area contributed by atoms with Gasteiger partial charge < -0.3 is 19.7 Å². The maximum atomic E-state index is 13.2. The number of amides is 2. The van der Waals surface area contributed by atoms with Gasteiger partial charge in [-0.2, -0.15) is 0 Å². The Bertz CT molecular complexity index is 1440. The molecule has 36 heavy (non-hydrogen) atoms. The van der Waals surface area contributed by atoms with Gasteiger partial charge in [-0.1, -0.05) is 36.4 Å². The first-order chi connectivity index (χ1) is 17.7. The van der Waals surface area contributed by atoms with E-state index in [-0.39, 0.29) is 17.7 Å². The van der Waals surface area contributed by atoms with E-state index >= 15 is 0 Å². The molecule has 0 saturated carbocycles. The van der Waals surface area contributed by atoms with Crippen LogP contribution in [0.25, 0.3) is 22.0 Å². The number of piperidine rings is 1. The van der Waals surface area contributed by atoms with Crippen LogP contribution in [0.15, 0.2) is 66.0 Å². The molecule has 1 aromatic heterocycles. The van der Waals surface area contributed by atoms with E-state index in [0.717, 1.165) is 27.8 Å². The van der Waals surface area contributed by atoms with Crippen molar-refractivity contribution in [3.05, 3.63) is 71.6 Å². The number of rotatable bonds is 4. The van der Waals surface area contributed by atoms with Crippen LogP contribution in [-0.2, 0) is 4.79 Å². The average molecular weight is 500 g/mol. The van der Waals surface area contributed by atoms with Crippen molar-refractivity contribution in [1.29, 1.82) is 0 Å². The first kappa shape index (κ1) is 22.5. The molecule has 0 atom stereocenters. The highest BCUT2D eigenvalue weighted by Gasteiger charge is 2.29. The molecule has 0 spiro atoms. The molecule has 1 fully saturated rings. The number of benzene rings is 3. The molecule has 182 valence electrons. The fourth-order valence-electron chi connectivity index (χ4n) is 4.80. The number of nitrogens with one attached hydrogen (secondary N) is 1. The highest BCUT2D eigenvalue weighted by atomic mass is 32.1. The van der Waals surface area contributed by atoms with Crippen molar-refractivity contribution in [1.82, 2.24) is 9.88 Å². The summed E-state index contributed by atoms with van der Waals surface area (Å²) in [4.78, 5) is 32.6. The second-order valence-corrected chi connectivity index (χ2v) is 9.84. The van der Waals surface area contributed by atoms with E-state index in [1.807, 2.05) is 70.9 Å². The summed E-state index contributed by atoms with van der Waals surface area (Å²) in [6.45, 7) is 2.19. The molecule has 2 aliphatic rings. The van der Waals surface area contributed by atoms with Crippen LogP contribution in [0.3, 0.4) is 0 Å². The molecule has 0 bridgehead atoms. The van der Waals surface area contributed by atoms with Gasteiger partial charge in [-0.15, -0.1) is 11.3 Å². The number of ether oxygens (including phenoxy) is 2. The molecule has 0 radical (unpaired) electrons. The average Bonchev–Trinajstić information content (AvgIpc) is 3.40. The van der Waals surface area contributed by atoms with Crippen LogP contribution >= 0.6 is 11.3 Å². The highest BCUT2D eigenvalue weighted by Crippen LogP contribution is 2.35. The zero-order valence-electron chi connectivity index (χ0n) is 19.6. The lowest BCUT2D eigenvalue weighted by atomic mass is 9.95. The fourth-order valence-corrected chi connectivity index (χ4v) is 5.52. The Balaban J connectivity index is 1.08. The van der Waals surface area contributed by atoms with E-state index in [9.17, 15) is 9.59 Å². The van der Waals surface area contributed by atoms with Gasteiger partial charge in [0.2, 0.25) is 5.91 Å². The molecule has 2 amide bonds. The second-order valence-electron chi connectivity index (χ2n) is 8.98. The van der Waals surface area contributed by atoms with Crippen molar-refractivity contribution in [3.63, 3.8) is 0 Å². The summed E-state index contributed by atoms with van der Waals surface area (Å²) in [5, 5.41) is 7.48. The second kappa shape index (κ2) is 9.62. The minimum Gasteiger partial charge on any atom is -0.486 e. The summed E-state index contributed by atoms with van der Waals surface area (Å²) >= 11 is 1.40. The van der Waals surface area contributed by atoms with Gasteiger partial charge >= 0.3 is 0 Å². The highest BCUT2D eigenvalue weighted by molar-refractivity contribution is 7.14. The molecule has 0 aliphatic carbocycles. The van der Waals surface area contributed by atoms with Gasteiger partial charge in [-0.05, 0) is 47.9 Å². The van der Waals surface area contributed by atoms with Crippen molar-refractivity contribution in [2.45, 2.75) is 12.8 Å². The first-order valence-electron chi connectivity index (χ1n) is 12.1. The Labute approximate surface area is 212 Å². The zero-order chi connectivity index (χ0) is 24.5. The smallest absolute Gasteiger partial charge is 0.254 e. The van der Waals surface area contributed by atoms with Crippen LogP contribution in [0.1, 0.15) is 23.2 Å². The van der Waals surface area contributed by atoms with Gasteiger partial charge in [-0.25, -0.2) is 4.98 Å². The van der Waals surface area contributed by atoms with Crippen LogP contribution in [0.4, 0.5) is 5.13 Å². The Morgan fingerprint density at radius 3 is 2.58 bits per heavy atom. The maximum absolute atomic E-state index is 13.2. The first-order valence-corrected chi connectivity index (χ1v) is 13.0. The Hall–Kier alpha value is -3.91. The van der Waals surface area contributed by atoms with Crippen molar-refractivity contribution >= 4 is 39.1 Å². The molecule has 3 aromatic carbocycles. The van der Waals surface area contributed by atoms with Crippen molar-refractivity contribution in [3.8, 4) is 22.8 Å². The zero-order valence-corrected chi connectivity index (χ0v) is 20.4. The van der Waals surface area contributed by atoms with Gasteiger partial charge in [0.25, 0.3) is 5.91 Å². The molecule has 3 heterocycles. The van der Waals surface area contributed by atoms with Gasteiger partial charge in [0.05, 0.1) is 5.69 Å². The Morgan fingerprint density at radius 1 is 0.944 bits per heavy atom. The summed E-state index contributed by atoms with van der Waals surface area (Å²) in [6.07, 6.45) is 1.26. The topological polar surface area (TPSA) is 80.8 Å². The summed E-state index contributed by atoms with van der Waals surface area (Å²) in [7, 11) is 0.